The SMILES string of the molecule is CC(NC(=O)CCNC(=O)c1ccc(F)cc1Cl)C(=O)N1CCS(=O)(=O)CC1. The standard InChI is InChI=1S/C17H21ClFN3O5S/c1-11(17(25)22-6-8-28(26,27)9-7-22)21-15(23)4-5-20-16(24)13-3-2-12(19)10-14(13)18/h2-3,10-11H,4-9H2,1H3,(H,20,24)(H,21,23). The van der Waals surface area contributed by atoms with Crippen molar-refractivity contribution in [1.29, 1.82) is 0 Å². The fourth-order valence-corrected chi connectivity index (χ4v) is 4.09. The molecule has 0 saturated carbocycles. The Bertz CT molecular complexity index is 864. The average molecular weight is 434 g/mol. The maximum absolute atomic E-state index is 13.0. The molecule has 1 unspecified atom stereocenters. The van der Waals surface area contributed by atoms with Crippen LogP contribution in [0, 0.1) is 5.82 Å². The van der Waals surface area contributed by atoms with E-state index >= 15 is 0 Å². The van der Waals surface area contributed by atoms with E-state index in [2.05, 4.69) is 10.6 Å². The van der Waals surface area contributed by atoms with Crippen molar-refractivity contribution in [3.05, 3.63) is 34.6 Å². The smallest absolute Gasteiger partial charge is 0.252 e. The second-order valence-electron chi connectivity index (χ2n) is 6.40. The zero-order chi connectivity index (χ0) is 20.9. The molecular formula is C17H21ClFN3O5S. The molecule has 1 aliphatic heterocycles. The zero-order valence-electron chi connectivity index (χ0n) is 15.2. The van der Waals surface area contributed by atoms with Crippen LogP contribution in [0.5, 0.6) is 0 Å². The van der Waals surface area contributed by atoms with Crippen molar-refractivity contribution >= 4 is 39.2 Å². The lowest BCUT2D eigenvalue weighted by Gasteiger charge is -2.29. The number of carbonyl (C=O) groups is 3. The van der Waals surface area contributed by atoms with Crippen LogP contribution in [-0.4, -0.2) is 68.2 Å². The first-order valence-electron chi connectivity index (χ1n) is 8.61. The highest BCUT2D eigenvalue weighted by Crippen LogP contribution is 2.16. The minimum absolute atomic E-state index is 0.00123. The minimum Gasteiger partial charge on any atom is -0.351 e. The average Bonchev–Trinajstić information content (AvgIpc) is 2.60. The second kappa shape index (κ2) is 9.33. The molecule has 2 rings (SSSR count). The van der Waals surface area contributed by atoms with Crippen LogP contribution < -0.4 is 10.6 Å². The summed E-state index contributed by atoms with van der Waals surface area (Å²) >= 11 is 5.80. The molecule has 0 aromatic heterocycles. The molecule has 3 amide bonds. The van der Waals surface area contributed by atoms with Gasteiger partial charge in [-0.2, -0.15) is 0 Å². The lowest BCUT2D eigenvalue weighted by molar-refractivity contribution is -0.135. The van der Waals surface area contributed by atoms with Gasteiger partial charge in [-0.05, 0) is 25.1 Å². The fraction of sp³-hybridized carbons (Fsp3) is 0.471. The van der Waals surface area contributed by atoms with Crippen LogP contribution in [0.4, 0.5) is 4.39 Å². The zero-order valence-corrected chi connectivity index (χ0v) is 16.8. The largest absolute Gasteiger partial charge is 0.351 e. The molecule has 0 bridgehead atoms. The van der Waals surface area contributed by atoms with E-state index in [1.807, 2.05) is 0 Å². The van der Waals surface area contributed by atoms with Crippen molar-refractivity contribution in [3.8, 4) is 0 Å². The predicted octanol–water partition coefficient (Wildman–Crippen LogP) is 0.361. The number of amides is 3. The first kappa shape index (κ1) is 22.1. The third kappa shape index (κ3) is 6.16. The fourth-order valence-electron chi connectivity index (χ4n) is 2.64. The predicted molar refractivity (Wildman–Crippen MR) is 101 cm³/mol. The highest BCUT2D eigenvalue weighted by Gasteiger charge is 2.28. The first-order chi connectivity index (χ1) is 13.1. The molecule has 154 valence electrons. The molecule has 2 N–H and O–H groups in total. The highest BCUT2D eigenvalue weighted by molar-refractivity contribution is 7.91. The molecule has 1 saturated heterocycles. The van der Waals surface area contributed by atoms with Gasteiger partial charge in [0.25, 0.3) is 5.91 Å². The maximum atomic E-state index is 13.0. The van der Waals surface area contributed by atoms with Gasteiger partial charge in [0, 0.05) is 26.1 Å². The summed E-state index contributed by atoms with van der Waals surface area (Å²) in [4.78, 5) is 37.6. The number of halogens is 2. The van der Waals surface area contributed by atoms with Crippen LogP contribution in [0.25, 0.3) is 0 Å². The van der Waals surface area contributed by atoms with Crippen molar-refractivity contribution in [3.63, 3.8) is 0 Å². The topological polar surface area (TPSA) is 113 Å². The molecule has 28 heavy (non-hydrogen) atoms. The summed E-state index contributed by atoms with van der Waals surface area (Å²) < 4.78 is 35.8. The first-order valence-corrected chi connectivity index (χ1v) is 10.8. The van der Waals surface area contributed by atoms with Crippen LogP contribution in [0.1, 0.15) is 23.7 Å². The quantitative estimate of drug-likeness (QED) is 0.672. The van der Waals surface area contributed by atoms with E-state index in [4.69, 9.17) is 11.6 Å². The van der Waals surface area contributed by atoms with Gasteiger partial charge in [-0.1, -0.05) is 11.6 Å². The Morgan fingerprint density at radius 3 is 2.50 bits per heavy atom. The van der Waals surface area contributed by atoms with E-state index in [0.29, 0.717) is 0 Å². The number of sulfone groups is 1. The number of nitrogens with zero attached hydrogens (tertiary/aromatic N) is 1. The minimum atomic E-state index is -3.10. The van der Waals surface area contributed by atoms with Crippen molar-refractivity contribution < 1.29 is 27.2 Å². The van der Waals surface area contributed by atoms with E-state index in [9.17, 15) is 27.2 Å². The summed E-state index contributed by atoms with van der Waals surface area (Å²) in [5.74, 6) is -2.09. The summed E-state index contributed by atoms with van der Waals surface area (Å²) in [5, 5.41) is 4.98. The molecule has 1 aromatic rings. The van der Waals surface area contributed by atoms with E-state index < -0.39 is 33.5 Å². The van der Waals surface area contributed by atoms with Gasteiger partial charge in [-0.25, -0.2) is 12.8 Å². The number of benzene rings is 1. The summed E-state index contributed by atoms with van der Waals surface area (Å²) in [6.45, 7) is 1.73. The van der Waals surface area contributed by atoms with Crippen molar-refractivity contribution in [2.75, 3.05) is 31.1 Å². The molecule has 1 heterocycles. The van der Waals surface area contributed by atoms with Gasteiger partial charge in [0.05, 0.1) is 22.1 Å². The Morgan fingerprint density at radius 2 is 1.89 bits per heavy atom. The van der Waals surface area contributed by atoms with Gasteiger partial charge in [-0.15, -0.1) is 0 Å². The summed E-state index contributed by atoms with van der Waals surface area (Å²) in [6, 6.07) is 2.55. The van der Waals surface area contributed by atoms with E-state index in [1.165, 1.54) is 17.9 Å². The van der Waals surface area contributed by atoms with Gasteiger partial charge in [0.15, 0.2) is 9.84 Å². The number of nitrogens with one attached hydrogen (secondary N) is 2. The molecule has 0 spiro atoms. The monoisotopic (exact) mass is 433 g/mol. The van der Waals surface area contributed by atoms with Crippen LogP contribution in [0.15, 0.2) is 18.2 Å². The summed E-state index contributed by atoms with van der Waals surface area (Å²) in [7, 11) is -3.10. The molecule has 11 heteroatoms. The Balaban J connectivity index is 1.75. The van der Waals surface area contributed by atoms with Gasteiger partial charge in [0.2, 0.25) is 11.8 Å². The normalized spacial score (nSPS) is 16.9. The molecule has 0 aliphatic carbocycles. The Hall–Kier alpha value is -2.20. The molecular weight excluding hydrogens is 413 g/mol. The lowest BCUT2D eigenvalue weighted by Crippen LogP contribution is -2.51. The highest BCUT2D eigenvalue weighted by atomic mass is 35.5. The summed E-state index contributed by atoms with van der Waals surface area (Å²) in [5.41, 5.74) is 0.0899. The molecule has 1 aliphatic rings. The molecule has 0 radical (unpaired) electrons. The van der Waals surface area contributed by atoms with Crippen LogP contribution in [-0.2, 0) is 19.4 Å². The van der Waals surface area contributed by atoms with E-state index in [1.54, 1.807) is 0 Å². The van der Waals surface area contributed by atoms with Gasteiger partial charge >= 0.3 is 0 Å². The van der Waals surface area contributed by atoms with Gasteiger partial charge in [-0.3, -0.25) is 14.4 Å². The van der Waals surface area contributed by atoms with Crippen molar-refractivity contribution in [2.24, 2.45) is 0 Å². The van der Waals surface area contributed by atoms with Crippen LogP contribution in [0.2, 0.25) is 5.02 Å². The molecule has 8 nitrogen and oxygen atoms in total. The number of carbonyl (C=O) groups excluding carboxylic acids is 3. The molecule has 1 fully saturated rings. The van der Waals surface area contributed by atoms with Gasteiger partial charge in [0.1, 0.15) is 11.9 Å². The molecule has 1 atom stereocenters. The lowest BCUT2D eigenvalue weighted by atomic mass is 10.2. The summed E-state index contributed by atoms with van der Waals surface area (Å²) in [6.07, 6.45) is -0.0729. The van der Waals surface area contributed by atoms with E-state index in [-0.39, 0.29) is 54.1 Å². The Labute approximate surface area is 167 Å². The second-order valence-corrected chi connectivity index (χ2v) is 9.11. The molecule has 1 aromatic carbocycles. The van der Waals surface area contributed by atoms with Crippen molar-refractivity contribution in [1.82, 2.24) is 15.5 Å². The van der Waals surface area contributed by atoms with Crippen LogP contribution >= 0.6 is 11.6 Å². The number of rotatable bonds is 6. The third-order valence-corrected chi connectivity index (χ3v) is 6.14. The van der Waals surface area contributed by atoms with Crippen molar-refractivity contribution in [2.45, 2.75) is 19.4 Å². The maximum Gasteiger partial charge on any atom is 0.252 e. The Kier molecular flexibility index (Phi) is 7.36. The third-order valence-electron chi connectivity index (χ3n) is 4.22. The van der Waals surface area contributed by atoms with Crippen LogP contribution in [0.3, 0.4) is 0 Å². The Morgan fingerprint density at radius 1 is 1.25 bits per heavy atom. The number of hydrogen-bond acceptors (Lipinski definition) is 5. The van der Waals surface area contributed by atoms with Gasteiger partial charge < -0.3 is 15.5 Å². The van der Waals surface area contributed by atoms with E-state index in [0.717, 1.165) is 12.1 Å². The number of hydrogen-bond donors (Lipinski definition) is 2.